The minimum absolute atomic E-state index is 0.241. The van der Waals surface area contributed by atoms with Gasteiger partial charge in [0.15, 0.2) is 11.5 Å². The Morgan fingerprint density at radius 1 is 0.667 bits per heavy atom. The molecule has 0 aliphatic rings. The third-order valence-corrected chi connectivity index (χ3v) is 6.33. The minimum atomic E-state index is -6.42. The van der Waals surface area contributed by atoms with Gasteiger partial charge in [-0.25, -0.2) is 0 Å². The quantitative estimate of drug-likeness (QED) is 0.0857. The Bertz CT molecular complexity index is 1140. The van der Waals surface area contributed by atoms with Crippen molar-refractivity contribution in [2.75, 3.05) is 11.8 Å². The van der Waals surface area contributed by atoms with E-state index >= 15 is 0 Å². The summed E-state index contributed by atoms with van der Waals surface area (Å²) < 4.78 is 131. The van der Waals surface area contributed by atoms with Crippen molar-refractivity contribution >= 4 is 43.4 Å². The second-order valence-corrected chi connectivity index (χ2v) is 10.5. The van der Waals surface area contributed by atoms with Gasteiger partial charge in [-0.05, 0) is 25.7 Å². The lowest BCUT2D eigenvalue weighted by atomic mass is 10.1. The number of unbranched alkanes of at least 4 members (excludes halogenated alkanes) is 4. The lowest BCUT2D eigenvalue weighted by Gasteiger charge is -2.15. The molecule has 0 atom stereocenters. The maximum Gasteiger partial charge on any atom is 0.534 e. The van der Waals surface area contributed by atoms with E-state index in [1.807, 2.05) is 0 Å². The Kier molecular flexibility index (Phi) is 12.0. The first kappa shape index (κ1) is 32.0. The van der Waals surface area contributed by atoms with E-state index in [0.717, 1.165) is 0 Å². The molecule has 0 N–H and O–H groups in total. The van der Waals surface area contributed by atoms with Crippen LogP contribution in [0.4, 0.5) is 26.3 Å². The van der Waals surface area contributed by atoms with Gasteiger partial charge in [0.2, 0.25) is 0 Å². The molecule has 1 rings (SSSR count). The monoisotopic (exact) mass is 602 g/mol. The van der Waals surface area contributed by atoms with Gasteiger partial charge in [-0.1, -0.05) is 23.7 Å². The number of rotatable bonds is 10. The molecular weight excluding hydrogens is 585 g/mol. The van der Waals surface area contributed by atoms with Crippen LogP contribution in [-0.4, -0.2) is 39.6 Å². The van der Waals surface area contributed by atoms with E-state index in [1.165, 1.54) is 0 Å². The third-order valence-electron chi connectivity index (χ3n) is 3.87. The highest BCUT2D eigenvalue weighted by Gasteiger charge is 2.51. The van der Waals surface area contributed by atoms with Crippen molar-refractivity contribution in [2.24, 2.45) is 0 Å². The summed E-state index contributed by atoms with van der Waals surface area (Å²) in [5.41, 5.74) is -12.5. The zero-order valence-electron chi connectivity index (χ0n) is 18.1. The van der Waals surface area contributed by atoms with E-state index in [4.69, 9.17) is 23.2 Å². The van der Waals surface area contributed by atoms with Gasteiger partial charge < -0.3 is 8.37 Å². The molecule has 0 bridgehead atoms. The van der Waals surface area contributed by atoms with E-state index in [1.54, 1.807) is 0 Å². The van der Waals surface area contributed by atoms with Crippen molar-refractivity contribution in [2.45, 2.75) is 49.5 Å². The van der Waals surface area contributed by atoms with Crippen LogP contribution in [-0.2, 0) is 20.2 Å². The summed E-state index contributed by atoms with van der Waals surface area (Å²) in [6.07, 6.45) is 2.76. The van der Waals surface area contributed by atoms with Crippen molar-refractivity contribution in [1.82, 2.24) is 0 Å². The fraction of sp³-hybridized carbons (Fsp3) is 0.500. The summed E-state index contributed by atoms with van der Waals surface area (Å²) in [4.78, 5) is 0. The molecule has 0 fully saturated rings. The minimum Gasteiger partial charge on any atom is -0.372 e. The average molecular weight is 603 g/mol. The van der Waals surface area contributed by atoms with Crippen LogP contribution >= 0.6 is 23.2 Å². The molecule has 0 saturated carbocycles. The summed E-state index contributed by atoms with van der Waals surface area (Å²) in [5.74, 6) is 8.00. The van der Waals surface area contributed by atoms with Crippen LogP contribution in [0.3, 0.4) is 0 Å². The van der Waals surface area contributed by atoms with Crippen LogP contribution in [0.15, 0.2) is 12.1 Å². The van der Waals surface area contributed by atoms with Crippen molar-refractivity contribution in [3.63, 3.8) is 0 Å². The van der Waals surface area contributed by atoms with Gasteiger partial charge >= 0.3 is 31.3 Å². The van der Waals surface area contributed by atoms with E-state index in [2.05, 4.69) is 32.0 Å². The highest BCUT2D eigenvalue weighted by Crippen LogP contribution is 2.38. The molecule has 0 aliphatic heterocycles. The van der Waals surface area contributed by atoms with Crippen molar-refractivity contribution in [1.29, 1.82) is 0 Å². The Morgan fingerprint density at radius 2 is 1.00 bits per heavy atom. The summed E-state index contributed by atoms with van der Waals surface area (Å²) in [5, 5.41) is 0. The zero-order valence-corrected chi connectivity index (χ0v) is 21.2. The molecule has 0 aliphatic carbocycles. The lowest BCUT2D eigenvalue weighted by molar-refractivity contribution is -0.0513. The molecule has 1 aromatic rings. The van der Waals surface area contributed by atoms with Gasteiger partial charge in [0.05, 0.1) is 0 Å². The Hall–Kier alpha value is -2.00. The van der Waals surface area contributed by atoms with Crippen LogP contribution in [0, 0.1) is 23.7 Å². The molecular formula is C20H18Cl2F6O6S2. The smallest absolute Gasteiger partial charge is 0.372 e. The van der Waals surface area contributed by atoms with E-state index < -0.39 is 42.8 Å². The fourth-order valence-corrected chi connectivity index (χ4v) is 3.46. The molecule has 36 heavy (non-hydrogen) atoms. The van der Waals surface area contributed by atoms with Crippen molar-refractivity contribution in [3.05, 3.63) is 23.3 Å². The summed E-state index contributed by atoms with van der Waals surface area (Å²) in [6.45, 7) is 0. The molecule has 0 amide bonds. The number of halogens is 8. The van der Waals surface area contributed by atoms with Gasteiger partial charge in [0.25, 0.3) is 0 Å². The van der Waals surface area contributed by atoms with Crippen LogP contribution in [0.5, 0.6) is 11.5 Å². The summed E-state index contributed by atoms with van der Waals surface area (Å²) in [6, 6.07) is 1.00. The third kappa shape index (κ3) is 9.81. The Morgan fingerprint density at radius 3 is 1.28 bits per heavy atom. The first-order chi connectivity index (χ1) is 16.6. The predicted molar refractivity (Wildman–Crippen MR) is 121 cm³/mol. The SMILES string of the molecule is O=S(=O)(Oc1cc(C#CCCCCCl)c(C#CCCCCCl)cc1OS(=O)(=O)C(F)(F)F)C(F)(F)F. The predicted octanol–water partition coefficient (Wildman–Crippen LogP) is 5.66. The largest absolute Gasteiger partial charge is 0.534 e. The normalized spacial score (nSPS) is 12.2. The molecule has 16 heteroatoms. The van der Waals surface area contributed by atoms with E-state index in [0.29, 0.717) is 49.6 Å². The second-order valence-electron chi connectivity index (χ2n) is 6.71. The highest BCUT2D eigenvalue weighted by atomic mass is 35.5. The van der Waals surface area contributed by atoms with Crippen LogP contribution in [0.2, 0.25) is 0 Å². The Balaban J connectivity index is 3.70. The Labute approximate surface area is 214 Å². The van der Waals surface area contributed by atoms with Crippen LogP contribution in [0.25, 0.3) is 0 Å². The number of benzene rings is 1. The molecule has 6 nitrogen and oxygen atoms in total. The van der Waals surface area contributed by atoms with E-state index in [-0.39, 0.29) is 24.0 Å². The maximum absolute atomic E-state index is 12.8. The lowest BCUT2D eigenvalue weighted by Crippen LogP contribution is -2.30. The number of hydrogen-bond donors (Lipinski definition) is 0. The number of alkyl halides is 8. The molecule has 202 valence electrons. The molecule has 0 spiro atoms. The first-order valence-electron chi connectivity index (χ1n) is 9.85. The topological polar surface area (TPSA) is 86.7 Å². The molecule has 0 unspecified atom stereocenters. The zero-order chi connectivity index (χ0) is 27.6. The average Bonchev–Trinajstić information content (AvgIpc) is 2.73. The second kappa shape index (κ2) is 13.5. The molecule has 0 aromatic heterocycles. The van der Waals surface area contributed by atoms with Gasteiger partial charge in [-0.3, -0.25) is 0 Å². The van der Waals surface area contributed by atoms with Crippen LogP contribution < -0.4 is 8.37 Å². The fourth-order valence-electron chi connectivity index (χ4n) is 2.16. The number of hydrogen-bond acceptors (Lipinski definition) is 6. The summed E-state index contributed by atoms with van der Waals surface area (Å²) >= 11 is 11.1. The van der Waals surface area contributed by atoms with E-state index in [9.17, 15) is 43.2 Å². The van der Waals surface area contributed by atoms with Gasteiger partial charge in [-0.15, -0.1) is 23.2 Å². The molecule has 0 saturated heterocycles. The van der Waals surface area contributed by atoms with Crippen molar-refractivity contribution in [3.8, 4) is 35.2 Å². The standard InChI is InChI=1S/C20H18Cl2F6O6S2/c21-11-7-3-1-5-9-15-13-17(33-35(29,30)19(23,24)25)18(34-36(31,32)20(26,27)28)14-16(15)10-6-2-4-8-12-22/h13-14H,1-4,7-8,11-12H2. The van der Waals surface area contributed by atoms with Gasteiger partial charge in [0.1, 0.15) is 0 Å². The maximum atomic E-state index is 12.8. The molecule has 0 radical (unpaired) electrons. The highest BCUT2D eigenvalue weighted by molar-refractivity contribution is 7.88. The first-order valence-corrected chi connectivity index (χ1v) is 13.7. The summed E-state index contributed by atoms with van der Waals surface area (Å²) in [7, 11) is -12.8. The van der Waals surface area contributed by atoms with Crippen LogP contribution in [0.1, 0.15) is 49.7 Å². The molecule has 0 heterocycles. The van der Waals surface area contributed by atoms with Gasteiger partial charge in [-0.2, -0.15) is 43.2 Å². The van der Waals surface area contributed by atoms with Crippen molar-refractivity contribution < 1.29 is 51.5 Å². The molecule has 1 aromatic carbocycles. The van der Waals surface area contributed by atoms with Gasteiger partial charge in [0, 0.05) is 47.9 Å².